The Kier molecular flexibility index (Phi) is 18.6. The number of likely N-dealkylation sites (N-methyl/N-ethyl adjacent to an activating group) is 2. The highest BCUT2D eigenvalue weighted by atomic mass is 16.4. The molecule has 0 radical (unpaired) electrons. The molecule has 3 aromatic carbocycles. The van der Waals surface area contributed by atoms with E-state index < -0.39 is 84.9 Å². The molecular weight excluding hydrogens is 829 g/mol. The zero-order valence-electron chi connectivity index (χ0n) is 36.3. The van der Waals surface area contributed by atoms with Crippen molar-refractivity contribution in [1.29, 1.82) is 0 Å². The van der Waals surface area contributed by atoms with Gasteiger partial charge in [0.25, 0.3) is 11.8 Å². The number of phenolic OH excluding ortho intramolecular Hbond substituents is 2. The number of aliphatic hydroxyl groups is 1. The van der Waals surface area contributed by atoms with Crippen LogP contribution in [0.4, 0.5) is 0 Å². The minimum absolute atomic E-state index is 0.00434. The van der Waals surface area contributed by atoms with E-state index in [1.54, 1.807) is 12.1 Å². The maximum atomic E-state index is 14.4. The van der Waals surface area contributed by atoms with Crippen LogP contribution in [0.1, 0.15) is 85.0 Å². The van der Waals surface area contributed by atoms with Crippen molar-refractivity contribution in [1.82, 2.24) is 31.1 Å². The molecule has 346 valence electrons. The van der Waals surface area contributed by atoms with Gasteiger partial charge in [0.15, 0.2) is 6.17 Å². The van der Waals surface area contributed by atoms with Crippen molar-refractivity contribution in [3.8, 4) is 22.6 Å². The lowest BCUT2D eigenvalue weighted by atomic mass is 9.94. The number of carbonyl (C=O) groups is 7. The van der Waals surface area contributed by atoms with Gasteiger partial charge in [-0.3, -0.25) is 28.8 Å². The minimum Gasteiger partial charge on any atom is -0.507 e. The van der Waals surface area contributed by atoms with Crippen molar-refractivity contribution in [3.63, 3.8) is 0 Å². The van der Waals surface area contributed by atoms with Crippen LogP contribution in [0.25, 0.3) is 11.1 Å². The maximum absolute atomic E-state index is 14.4. The third-order valence-electron chi connectivity index (χ3n) is 11.1. The number of carboxylic acid groups (broad SMARTS) is 1. The van der Waals surface area contributed by atoms with Crippen LogP contribution in [0, 0.1) is 0 Å². The SMILES string of the molecule is CCCCCCc1ccc(C(=O)N(C)[C@H](CO)C(=O)N[C@H](N)C(=O)N[C@@H](CCCCN)C(=O)N(C)[C@@H]2C(=O)NCC(=O)NC(C(=O)O)Cc3ccc(O)c(c3)-c3cc2ccc3O)cc1. The third-order valence-corrected chi connectivity index (χ3v) is 11.1. The molecule has 1 unspecified atom stereocenters. The van der Waals surface area contributed by atoms with Gasteiger partial charge in [0.1, 0.15) is 35.7 Å². The minimum atomic E-state index is -1.78. The van der Waals surface area contributed by atoms with Crippen LogP contribution in [0.3, 0.4) is 0 Å². The van der Waals surface area contributed by atoms with Crippen molar-refractivity contribution < 1.29 is 54.0 Å². The summed E-state index contributed by atoms with van der Waals surface area (Å²) in [6.07, 6.45) is 4.01. The van der Waals surface area contributed by atoms with E-state index in [4.69, 9.17) is 11.5 Å². The van der Waals surface area contributed by atoms with E-state index >= 15 is 0 Å². The van der Waals surface area contributed by atoms with E-state index in [-0.39, 0.29) is 53.1 Å². The van der Waals surface area contributed by atoms with Gasteiger partial charge in [-0.25, -0.2) is 4.79 Å². The summed E-state index contributed by atoms with van der Waals surface area (Å²) in [7, 11) is 2.59. The van der Waals surface area contributed by atoms with Gasteiger partial charge < -0.3 is 63.0 Å². The first kappa shape index (κ1) is 50.1. The summed E-state index contributed by atoms with van der Waals surface area (Å²) in [6.45, 7) is 0.892. The molecule has 64 heavy (non-hydrogen) atoms. The first-order valence-electron chi connectivity index (χ1n) is 21.3. The number of aliphatic hydroxyl groups excluding tert-OH is 1. The lowest BCUT2D eigenvalue weighted by Crippen LogP contribution is -2.60. The van der Waals surface area contributed by atoms with Crippen LogP contribution in [-0.2, 0) is 41.6 Å². The van der Waals surface area contributed by atoms with Crippen LogP contribution in [0.2, 0.25) is 0 Å². The van der Waals surface area contributed by atoms with Gasteiger partial charge >= 0.3 is 5.97 Å². The molecule has 1 aliphatic heterocycles. The third kappa shape index (κ3) is 13.2. The predicted molar refractivity (Wildman–Crippen MR) is 235 cm³/mol. The fraction of sp³-hybridized carbons (Fsp3) is 0.444. The fourth-order valence-electron chi connectivity index (χ4n) is 7.36. The Bertz CT molecular complexity index is 2150. The number of carboxylic acids is 1. The van der Waals surface area contributed by atoms with E-state index in [1.165, 1.54) is 50.5 Å². The Balaban J connectivity index is 1.56. The summed E-state index contributed by atoms with van der Waals surface area (Å²) < 4.78 is 0. The Morgan fingerprint density at radius 1 is 0.859 bits per heavy atom. The number of rotatable bonds is 19. The van der Waals surface area contributed by atoms with E-state index in [0.717, 1.165) is 47.5 Å². The highest BCUT2D eigenvalue weighted by Gasteiger charge is 2.36. The molecule has 12 N–H and O–H groups in total. The van der Waals surface area contributed by atoms with Crippen LogP contribution < -0.4 is 32.7 Å². The normalized spacial score (nSPS) is 16.5. The number of nitrogens with two attached hydrogens (primary N) is 2. The van der Waals surface area contributed by atoms with Gasteiger partial charge in [-0.2, -0.15) is 0 Å². The number of phenols is 2. The number of hydrogen-bond acceptors (Lipinski definition) is 12. The van der Waals surface area contributed by atoms with E-state index in [0.29, 0.717) is 18.4 Å². The highest BCUT2D eigenvalue weighted by molar-refractivity contribution is 5.99. The number of carbonyl (C=O) groups excluding carboxylic acids is 6. The first-order valence-corrected chi connectivity index (χ1v) is 21.3. The molecule has 4 rings (SSSR count). The maximum Gasteiger partial charge on any atom is 0.326 e. The monoisotopic (exact) mass is 888 g/mol. The van der Waals surface area contributed by atoms with Gasteiger partial charge in [-0.05, 0) is 91.7 Å². The average molecular weight is 889 g/mol. The summed E-state index contributed by atoms with van der Waals surface area (Å²) in [5.74, 6) is -7.06. The fourth-order valence-corrected chi connectivity index (χ4v) is 7.36. The molecule has 0 saturated heterocycles. The molecule has 6 amide bonds. The number of fused-ring (bicyclic) bond motifs is 5. The smallest absolute Gasteiger partial charge is 0.326 e. The number of benzene rings is 3. The molecule has 1 heterocycles. The number of amides is 6. The standard InChI is InChI=1S/C45H60N8O11/c1-4-5-6-7-10-26-12-15-28(16-13-26)43(61)52(2)34(25-54)40(58)51-39(47)42(60)50-32(11-8-9-20-46)44(62)53(3)38-29-17-19-36(56)31(23-29)30-21-27(14-18-35(30)55)22-33(45(63)64)49-37(57)24-48-41(38)59/h12-19,21,23,32-34,38-39,54-56H,4-11,20,22,24-25,46-47H2,1-3H3,(H,48,59)(H,49,57)(H,50,60)(H,51,58)(H,63,64)/t32-,33?,34+,38-,39-/m0/s1. The summed E-state index contributed by atoms with van der Waals surface area (Å²) >= 11 is 0. The van der Waals surface area contributed by atoms with Crippen molar-refractivity contribution >= 4 is 41.4 Å². The number of aliphatic carboxylic acids is 1. The Hall–Kier alpha value is -6.57. The second kappa shape index (κ2) is 23.8. The zero-order valence-corrected chi connectivity index (χ0v) is 36.3. The lowest BCUT2D eigenvalue weighted by Gasteiger charge is -2.32. The van der Waals surface area contributed by atoms with Gasteiger partial charge in [0, 0.05) is 37.2 Å². The number of nitrogens with one attached hydrogen (secondary N) is 4. The molecule has 0 fully saturated rings. The summed E-state index contributed by atoms with van der Waals surface area (Å²) in [4.78, 5) is 95.7. The second-order valence-corrected chi connectivity index (χ2v) is 15.8. The largest absolute Gasteiger partial charge is 0.507 e. The first-order chi connectivity index (χ1) is 30.5. The van der Waals surface area contributed by atoms with Crippen molar-refractivity contribution in [2.24, 2.45) is 11.5 Å². The van der Waals surface area contributed by atoms with Crippen LogP contribution in [0.15, 0.2) is 60.7 Å². The van der Waals surface area contributed by atoms with Crippen LogP contribution >= 0.6 is 0 Å². The zero-order chi connectivity index (χ0) is 47.1. The molecule has 1 aliphatic rings. The molecule has 0 aromatic heterocycles. The van der Waals surface area contributed by atoms with Gasteiger partial charge in [-0.1, -0.05) is 50.5 Å². The van der Waals surface area contributed by atoms with Crippen LogP contribution in [-0.4, -0.2) is 130 Å². The Labute approximate surface area is 371 Å². The van der Waals surface area contributed by atoms with Crippen molar-refractivity contribution in [3.05, 3.63) is 82.9 Å². The molecule has 19 nitrogen and oxygen atoms in total. The number of aryl methyl sites for hydroxylation is 1. The number of aromatic hydroxyl groups is 2. The van der Waals surface area contributed by atoms with E-state index in [2.05, 4.69) is 28.2 Å². The van der Waals surface area contributed by atoms with E-state index in [9.17, 15) is 54.0 Å². The number of unbranched alkanes of at least 4 members (excludes halogenated alkanes) is 4. The molecule has 5 atom stereocenters. The van der Waals surface area contributed by atoms with Gasteiger partial charge in [0.2, 0.25) is 23.6 Å². The number of hydrogen-bond donors (Lipinski definition) is 10. The summed E-state index contributed by atoms with van der Waals surface area (Å²) in [5, 5.41) is 51.4. The summed E-state index contributed by atoms with van der Waals surface area (Å²) in [6, 6.07) is 9.33. The van der Waals surface area contributed by atoms with Crippen molar-refractivity contribution in [2.75, 3.05) is 33.8 Å². The molecule has 4 bridgehead atoms. The topological polar surface area (TPSA) is 307 Å². The molecular formula is C45H60N8O11. The molecule has 3 aromatic rings. The lowest BCUT2D eigenvalue weighted by molar-refractivity contribution is -0.143. The Morgan fingerprint density at radius 2 is 1.53 bits per heavy atom. The summed E-state index contributed by atoms with van der Waals surface area (Å²) in [5.41, 5.74) is 13.8. The quantitative estimate of drug-likeness (QED) is 0.0589. The number of nitrogens with zero attached hydrogens (tertiary/aromatic N) is 2. The highest BCUT2D eigenvalue weighted by Crippen LogP contribution is 2.38. The molecule has 19 heteroatoms. The Morgan fingerprint density at radius 3 is 2.17 bits per heavy atom. The molecule has 0 aliphatic carbocycles. The van der Waals surface area contributed by atoms with Crippen molar-refractivity contribution in [2.45, 2.75) is 95.0 Å². The molecule has 0 saturated carbocycles. The van der Waals surface area contributed by atoms with Gasteiger partial charge in [0.05, 0.1) is 13.2 Å². The van der Waals surface area contributed by atoms with Gasteiger partial charge in [-0.15, -0.1) is 0 Å². The van der Waals surface area contributed by atoms with E-state index in [1.807, 2.05) is 12.1 Å². The second-order valence-electron chi connectivity index (χ2n) is 15.8. The van der Waals surface area contributed by atoms with Crippen LogP contribution in [0.5, 0.6) is 11.5 Å². The molecule has 0 spiro atoms. The average Bonchev–Trinajstić information content (AvgIpc) is 3.27. The predicted octanol–water partition coefficient (Wildman–Crippen LogP) is 0.777.